The maximum Gasteiger partial charge on any atom is 0.409 e. The van der Waals surface area contributed by atoms with E-state index in [-0.39, 0.29) is 17.9 Å². The molecule has 29 heavy (non-hydrogen) atoms. The van der Waals surface area contributed by atoms with Gasteiger partial charge >= 0.3 is 6.09 Å². The molecule has 1 unspecified atom stereocenters. The molecule has 6 nitrogen and oxygen atoms in total. The summed E-state index contributed by atoms with van der Waals surface area (Å²) in [5.41, 5.74) is 2.57. The number of carbonyl (C=O) groups is 2. The standard InChI is InChI=1S/C21H21N3O3S2/c22-11-17-16-4-2-15(12-27-21(26)24-7-1-8-24)10-18(16)29-20(17)23-19(25)5-3-14-6-9-28-13-14/h3,5-6,9,13,15H,1-2,4,7-8,10,12H2,(H,23,25)/b5-3+. The van der Waals surface area contributed by atoms with E-state index in [0.29, 0.717) is 17.2 Å². The zero-order valence-electron chi connectivity index (χ0n) is 15.8. The molecule has 1 fully saturated rings. The Morgan fingerprint density at radius 1 is 1.41 bits per heavy atom. The number of rotatable bonds is 5. The highest BCUT2D eigenvalue weighted by Crippen LogP contribution is 2.39. The highest BCUT2D eigenvalue weighted by molar-refractivity contribution is 7.16. The minimum Gasteiger partial charge on any atom is -0.449 e. The van der Waals surface area contributed by atoms with E-state index >= 15 is 0 Å². The van der Waals surface area contributed by atoms with Gasteiger partial charge in [0, 0.05) is 24.0 Å². The van der Waals surface area contributed by atoms with Gasteiger partial charge < -0.3 is 15.0 Å². The van der Waals surface area contributed by atoms with Crippen molar-refractivity contribution in [2.45, 2.75) is 25.7 Å². The zero-order chi connectivity index (χ0) is 20.2. The first-order chi connectivity index (χ1) is 14.1. The van der Waals surface area contributed by atoms with Gasteiger partial charge in [-0.25, -0.2) is 4.79 Å². The SMILES string of the molecule is N#Cc1c(NC(=O)/C=C/c2ccsc2)sc2c1CCC(COC(=O)N1CCC1)C2. The molecule has 2 aromatic heterocycles. The lowest BCUT2D eigenvalue weighted by atomic mass is 9.88. The Morgan fingerprint density at radius 3 is 2.97 bits per heavy atom. The summed E-state index contributed by atoms with van der Waals surface area (Å²) in [6, 6.07) is 4.19. The van der Waals surface area contributed by atoms with Gasteiger partial charge in [0.1, 0.15) is 11.1 Å². The summed E-state index contributed by atoms with van der Waals surface area (Å²) >= 11 is 3.03. The summed E-state index contributed by atoms with van der Waals surface area (Å²) in [7, 11) is 0. The van der Waals surface area contributed by atoms with Crippen LogP contribution in [0.3, 0.4) is 0 Å². The number of nitrogens with zero attached hydrogens (tertiary/aromatic N) is 2. The molecule has 2 aromatic rings. The molecule has 4 rings (SSSR count). The Kier molecular flexibility index (Phi) is 5.97. The normalized spacial score (nSPS) is 18.0. The number of nitrogens with one attached hydrogen (secondary N) is 1. The van der Waals surface area contributed by atoms with E-state index in [1.54, 1.807) is 22.3 Å². The fourth-order valence-electron chi connectivity index (χ4n) is 3.48. The molecule has 150 valence electrons. The molecule has 0 saturated carbocycles. The van der Waals surface area contributed by atoms with Crippen LogP contribution in [0.15, 0.2) is 22.9 Å². The Labute approximate surface area is 177 Å². The maximum atomic E-state index is 12.3. The molecule has 1 N–H and O–H groups in total. The minimum atomic E-state index is -0.244. The fraction of sp³-hybridized carbons (Fsp3) is 0.381. The quantitative estimate of drug-likeness (QED) is 0.722. The fourth-order valence-corrected chi connectivity index (χ4v) is 5.42. The molecule has 1 atom stereocenters. The van der Waals surface area contributed by atoms with E-state index < -0.39 is 0 Å². The van der Waals surface area contributed by atoms with Crippen LogP contribution in [-0.2, 0) is 22.4 Å². The molecule has 0 bridgehead atoms. The number of hydrogen-bond donors (Lipinski definition) is 1. The van der Waals surface area contributed by atoms with E-state index in [4.69, 9.17) is 4.74 Å². The van der Waals surface area contributed by atoms with Crippen molar-refractivity contribution in [2.24, 2.45) is 5.92 Å². The van der Waals surface area contributed by atoms with Gasteiger partial charge in [-0.2, -0.15) is 16.6 Å². The van der Waals surface area contributed by atoms with Crippen LogP contribution in [0.5, 0.6) is 0 Å². The van der Waals surface area contributed by atoms with Crippen molar-refractivity contribution >= 4 is 45.8 Å². The van der Waals surface area contributed by atoms with Crippen LogP contribution in [0.1, 0.15) is 34.4 Å². The van der Waals surface area contributed by atoms with Crippen LogP contribution < -0.4 is 5.32 Å². The number of thiophene rings is 2. The van der Waals surface area contributed by atoms with Crippen molar-refractivity contribution in [3.8, 4) is 6.07 Å². The number of likely N-dealkylation sites (tertiary alicyclic amines) is 1. The predicted octanol–water partition coefficient (Wildman–Crippen LogP) is 4.28. The first kappa shape index (κ1) is 19.7. The molecular weight excluding hydrogens is 406 g/mol. The molecule has 3 heterocycles. The van der Waals surface area contributed by atoms with Gasteiger partial charge in [-0.05, 0) is 65.6 Å². The van der Waals surface area contributed by atoms with Gasteiger partial charge in [0.15, 0.2) is 0 Å². The van der Waals surface area contributed by atoms with E-state index in [2.05, 4.69) is 11.4 Å². The van der Waals surface area contributed by atoms with Crippen LogP contribution >= 0.6 is 22.7 Å². The summed E-state index contributed by atoms with van der Waals surface area (Å²) in [6.45, 7) is 1.97. The van der Waals surface area contributed by atoms with Crippen LogP contribution in [0.25, 0.3) is 6.08 Å². The van der Waals surface area contributed by atoms with Gasteiger partial charge in [-0.15, -0.1) is 11.3 Å². The smallest absolute Gasteiger partial charge is 0.409 e. The molecule has 8 heteroatoms. The summed E-state index contributed by atoms with van der Waals surface area (Å²) in [5, 5.41) is 17.0. The number of ether oxygens (including phenoxy) is 1. The second-order valence-corrected chi connectivity index (χ2v) is 9.11. The minimum absolute atomic E-state index is 0.226. The van der Waals surface area contributed by atoms with Gasteiger partial charge in [0.25, 0.3) is 0 Å². The number of fused-ring (bicyclic) bond motifs is 1. The summed E-state index contributed by atoms with van der Waals surface area (Å²) < 4.78 is 5.44. The highest BCUT2D eigenvalue weighted by atomic mass is 32.1. The first-order valence-electron chi connectivity index (χ1n) is 9.61. The van der Waals surface area contributed by atoms with Gasteiger partial charge in [-0.3, -0.25) is 4.79 Å². The number of hydrogen-bond acceptors (Lipinski definition) is 6. The predicted molar refractivity (Wildman–Crippen MR) is 114 cm³/mol. The second-order valence-electron chi connectivity index (χ2n) is 7.23. The summed E-state index contributed by atoms with van der Waals surface area (Å²) in [5.74, 6) is 0.00582. The van der Waals surface area contributed by atoms with E-state index in [0.717, 1.165) is 54.8 Å². The molecule has 1 saturated heterocycles. The maximum absolute atomic E-state index is 12.3. The Balaban J connectivity index is 1.38. The van der Waals surface area contributed by atoms with Gasteiger partial charge in [0.05, 0.1) is 12.2 Å². The monoisotopic (exact) mass is 427 g/mol. The third-order valence-electron chi connectivity index (χ3n) is 5.24. The van der Waals surface area contributed by atoms with Crippen LogP contribution in [0.2, 0.25) is 0 Å². The van der Waals surface area contributed by atoms with Crippen molar-refractivity contribution in [2.75, 3.05) is 25.0 Å². The molecular formula is C21H21N3O3S2. The average molecular weight is 428 g/mol. The van der Waals surface area contributed by atoms with Gasteiger partial charge in [0.2, 0.25) is 5.91 Å². The third kappa shape index (κ3) is 4.52. The lowest BCUT2D eigenvalue weighted by Gasteiger charge is -2.31. The molecule has 0 spiro atoms. The van der Waals surface area contributed by atoms with Crippen molar-refractivity contribution in [3.63, 3.8) is 0 Å². The van der Waals surface area contributed by atoms with Crippen LogP contribution in [0.4, 0.5) is 9.80 Å². The van der Waals surface area contributed by atoms with Crippen molar-refractivity contribution in [3.05, 3.63) is 44.5 Å². The number of carbonyl (C=O) groups excluding carboxylic acids is 2. The van der Waals surface area contributed by atoms with E-state index in [1.807, 2.05) is 16.8 Å². The largest absolute Gasteiger partial charge is 0.449 e. The van der Waals surface area contributed by atoms with Crippen LogP contribution in [0, 0.1) is 17.2 Å². The number of amides is 2. The number of anilines is 1. The molecule has 1 aliphatic heterocycles. The number of nitriles is 1. The lowest BCUT2D eigenvalue weighted by molar-refractivity contribution is -0.111. The zero-order valence-corrected chi connectivity index (χ0v) is 17.5. The summed E-state index contributed by atoms with van der Waals surface area (Å²) in [6.07, 6.45) is 6.47. The average Bonchev–Trinajstić information content (AvgIpc) is 3.30. The Bertz CT molecular complexity index is 968. The topological polar surface area (TPSA) is 82.4 Å². The Hall–Kier alpha value is -2.63. The van der Waals surface area contributed by atoms with E-state index in [1.165, 1.54) is 17.4 Å². The Morgan fingerprint density at radius 2 is 2.28 bits per heavy atom. The van der Waals surface area contributed by atoms with Crippen molar-refractivity contribution < 1.29 is 14.3 Å². The van der Waals surface area contributed by atoms with Crippen molar-refractivity contribution in [1.82, 2.24) is 4.90 Å². The highest BCUT2D eigenvalue weighted by Gasteiger charge is 2.28. The first-order valence-corrected chi connectivity index (χ1v) is 11.4. The van der Waals surface area contributed by atoms with Crippen LogP contribution in [-0.4, -0.2) is 36.6 Å². The molecule has 0 radical (unpaired) electrons. The van der Waals surface area contributed by atoms with E-state index in [9.17, 15) is 14.9 Å². The molecule has 1 aliphatic carbocycles. The lowest BCUT2D eigenvalue weighted by Crippen LogP contribution is -2.43. The molecule has 2 amide bonds. The van der Waals surface area contributed by atoms with Crippen molar-refractivity contribution in [1.29, 1.82) is 5.26 Å². The second kappa shape index (κ2) is 8.80. The molecule has 0 aromatic carbocycles. The third-order valence-corrected chi connectivity index (χ3v) is 7.11. The summed E-state index contributed by atoms with van der Waals surface area (Å²) in [4.78, 5) is 27.0. The van der Waals surface area contributed by atoms with Gasteiger partial charge in [-0.1, -0.05) is 0 Å². The molecule has 2 aliphatic rings.